The van der Waals surface area contributed by atoms with E-state index >= 15 is 0 Å². The third kappa shape index (κ3) is 2.99. The van der Waals surface area contributed by atoms with Crippen LogP contribution in [-0.4, -0.2) is 22.0 Å². The molecule has 1 aromatic rings. The number of anilines is 1. The van der Waals surface area contributed by atoms with Gasteiger partial charge in [0.25, 0.3) is 0 Å². The van der Waals surface area contributed by atoms with Crippen molar-refractivity contribution >= 4 is 15.7 Å². The van der Waals surface area contributed by atoms with E-state index < -0.39 is 10.0 Å². The average molecular weight is 296 g/mol. The normalized spacial score (nSPS) is 20.8. The van der Waals surface area contributed by atoms with E-state index in [0.29, 0.717) is 17.4 Å². The summed E-state index contributed by atoms with van der Waals surface area (Å²) in [6.45, 7) is 8.54. The van der Waals surface area contributed by atoms with Gasteiger partial charge < -0.3 is 5.32 Å². The van der Waals surface area contributed by atoms with Crippen LogP contribution in [0.5, 0.6) is 0 Å². The SMILES string of the molecule is CNc1cc(C)c(S(=O)(=O)NCC2CC2(C)C)c(C)c1. The average Bonchev–Trinajstić information content (AvgIpc) is 2.93. The molecule has 0 radical (unpaired) electrons. The first-order valence-corrected chi connectivity index (χ1v) is 8.44. The van der Waals surface area contributed by atoms with Crippen LogP contribution in [0.3, 0.4) is 0 Å². The first-order chi connectivity index (χ1) is 9.17. The van der Waals surface area contributed by atoms with Crippen molar-refractivity contribution in [3.63, 3.8) is 0 Å². The van der Waals surface area contributed by atoms with Crippen LogP contribution in [0.15, 0.2) is 17.0 Å². The van der Waals surface area contributed by atoms with Gasteiger partial charge in [-0.2, -0.15) is 0 Å². The molecule has 1 aromatic carbocycles. The molecule has 0 aliphatic heterocycles. The summed E-state index contributed by atoms with van der Waals surface area (Å²) in [4.78, 5) is 0.412. The zero-order chi connectivity index (χ0) is 15.1. The lowest BCUT2D eigenvalue weighted by molar-refractivity contribution is 0.537. The highest BCUT2D eigenvalue weighted by molar-refractivity contribution is 7.89. The molecule has 112 valence electrons. The fourth-order valence-corrected chi connectivity index (χ4v) is 4.26. The van der Waals surface area contributed by atoms with Crippen molar-refractivity contribution in [2.45, 2.75) is 39.0 Å². The fraction of sp³-hybridized carbons (Fsp3) is 0.600. The molecular formula is C15H24N2O2S. The summed E-state index contributed by atoms with van der Waals surface area (Å²) in [6.07, 6.45) is 1.09. The van der Waals surface area contributed by atoms with Gasteiger partial charge in [0, 0.05) is 19.3 Å². The van der Waals surface area contributed by atoms with Gasteiger partial charge in [0.2, 0.25) is 10.0 Å². The molecule has 2 rings (SSSR count). The Hall–Kier alpha value is -1.07. The summed E-state index contributed by atoms with van der Waals surface area (Å²) in [5.41, 5.74) is 2.76. The standard InChI is InChI=1S/C15H24N2O2S/c1-10-6-13(16-5)7-11(2)14(10)20(18,19)17-9-12-8-15(12,3)4/h6-7,12,16-17H,8-9H2,1-5H3. The zero-order valence-corrected chi connectivity index (χ0v) is 13.7. The highest BCUT2D eigenvalue weighted by atomic mass is 32.2. The Balaban J connectivity index is 2.21. The topological polar surface area (TPSA) is 58.2 Å². The number of aryl methyl sites for hydroxylation is 2. The molecule has 4 nitrogen and oxygen atoms in total. The third-order valence-electron chi connectivity index (χ3n) is 4.26. The Morgan fingerprint density at radius 3 is 2.15 bits per heavy atom. The quantitative estimate of drug-likeness (QED) is 0.878. The molecule has 1 aliphatic rings. The largest absolute Gasteiger partial charge is 0.388 e. The summed E-state index contributed by atoms with van der Waals surface area (Å²) in [5.74, 6) is 0.453. The lowest BCUT2D eigenvalue weighted by atomic mass is 10.1. The summed E-state index contributed by atoms with van der Waals surface area (Å²) in [5, 5.41) is 3.04. The monoisotopic (exact) mass is 296 g/mol. The molecule has 1 atom stereocenters. The molecular weight excluding hydrogens is 272 g/mol. The highest BCUT2D eigenvalue weighted by Gasteiger charge is 2.45. The van der Waals surface area contributed by atoms with Crippen LogP contribution >= 0.6 is 0 Å². The van der Waals surface area contributed by atoms with Gasteiger partial charge in [-0.05, 0) is 54.9 Å². The van der Waals surface area contributed by atoms with Crippen molar-refractivity contribution < 1.29 is 8.42 Å². The molecule has 0 saturated heterocycles. The van der Waals surface area contributed by atoms with E-state index in [9.17, 15) is 8.42 Å². The van der Waals surface area contributed by atoms with Crippen LogP contribution < -0.4 is 10.0 Å². The predicted octanol–water partition coefficient (Wildman–Crippen LogP) is 2.67. The molecule has 1 unspecified atom stereocenters. The molecule has 0 heterocycles. The Kier molecular flexibility index (Phi) is 3.86. The number of sulfonamides is 1. The number of hydrogen-bond acceptors (Lipinski definition) is 3. The lowest BCUT2D eigenvalue weighted by Crippen LogP contribution is -2.28. The zero-order valence-electron chi connectivity index (χ0n) is 12.9. The van der Waals surface area contributed by atoms with Gasteiger partial charge in [-0.15, -0.1) is 0 Å². The fourth-order valence-electron chi connectivity index (χ4n) is 2.73. The molecule has 1 fully saturated rings. The van der Waals surface area contributed by atoms with Gasteiger partial charge in [-0.3, -0.25) is 0 Å². The molecule has 0 aromatic heterocycles. The summed E-state index contributed by atoms with van der Waals surface area (Å²) in [6, 6.07) is 3.73. The molecule has 1 saturated carbocycles. The van der Waals surface area contributed by atoms with Crippen LogP contribution in [0.2, 0.25) is 0 Å². The van der Waals surface area contributed by atoms with Gasteiger partial charge in [-0.1, -0.05) is 13.8 Å². The number of nitrogens with one attached hydrogen (secondary N) is 2. The molecule has 5 heteroatoms. The second kappa shape index (κ2) is 5.04. The van der Waals surface area contributed by atoms with Crippen molar-refractivity contribution in [1.29, 1.82) is 0 Å². The van der Waals surface area contributed by atoms with Crippen molar-refractivity contribution in [2.75, 3.05) is 18.9 Å². The second-order valence-corrected chi connectivity index (χ2v) is 8.13. The van der Waals surface area contributed by atoms with Crippen LogP contribution in [0, 0.1) is 25.2 Å². The highest BCUT2D eigenvalue weighted by Crippen LogP contribution is 2.51. The lowest BCUT2D eigenvalue weighted by Gasteiger charge is -2.14. The predicted molar refractivity (Wildman–Crippen MR) is 82.5 cm³/mol. The molecule has 20 heavy (non-hydrogen) atoms. The maximum atomic E-state index is 12.5. The minimum Gasteiger partial charge on any atom is -0.388 e. The maximum Gasteiger partial charge on any atom is 0.241 e. The Labute approximate surface area is 122 Å². The molecule has 0 spiro atoms. The van der Waals surface area contributed by atoms with Crippen molar-refractivity contribution in [1.82, 2.24) is 4.72 Å². The first-order valence-electron chi connectivity index (χ1n) is 6.96. The summed E-state index contributed by atoms with van der Waals surface area (Å²) in [7, 11) is -1.60. The minimum absolute atomic E-state index is 0.280. The van der Waals surface area contributed by atoms with Gasteiger partial charge in [0.1, 0.15) is 0 Å². The van der Waals surface area contributed by atoms with Gasteiger partial charge in [0.15, 0.2) is 0 Å². The van der Waals surface area contributed by atoms with Crippen LogP contribution in [-0.2, 0) is 10.0 Å². The first kappa shape index (κ1) is 15.3. The van der Waals surface area contributed by atoms with E-state index in [-0.39, 0.29) is 5.41 Å². The molecule has 0 bridgehead atoms. The van der Waals surface area contributed by atoms with Crippen LogP contribution in [0.25, 0.3) is 0 Å². The van der Waals surface area contributed by atoms with Crippen LogP contribution in [0.4, 0.5) is 5.69 Å². The number of hydrogen-bond donors (Lipinski definition) is 2. The second-order valence-electron chi connectivity index (χ2n) is 6.43. The van der Waals surface area contributed by atoms with E-state index in [1.54, 1.807) is 0 Å². The number of rotatable bonds is 5. The number of benzene rings is 1. The van der Waals surface area contributed by atoms with Gasteiger partial charge >= 0.3 is 0 Å². The van der Waals surface area contributed by atoms with Crippen LogP contribution in [0.1, 0.15) is 31.4 Å². The van der Waals surface area contributed by atoms with Gasteiger partial charge in [-0.25, -0.2) is 13.1 Å². The minimum atomic E-state index is -3.43. The summed E-state index contributed by atoms with van der Waals surface area (Å²) < 4.78 is 27.7. The Bertz CT molecular complexity index is 598. The molecule has 1 aliphatic carbocycles. The van der Waals surface area contributed by atoms with E-state index in [1.165, 1.54) is 0 Å². The molecule has 0 amide bonds. The van der Waals surface area contributed by atoms with E-state index in [1.807, 2.05) is 33.0 Å². The third-order valence-corrected chi connectivity index (χ3v) is 5.98. The van der Waals surface area contributed by atoms with Gasteiger partial charge in [0.05, 0.1) is 4.90 Å². The van der Waals surface area contributed by atoms with E-state index in [0.717, 1.165) is 23.2 Å². The summed E-state index contributed by atoms with van der Waals surface area (Å²) >= 11 is 0. The smallest absolute Gasteiger partial charge is 0.241 e. The van der Waals surface area contributed by atoms with Crippen molar-refractivity contribution in [2.24, 2.45) is 11.3 Å². The van der Waals surface area contributed by atoms with E-state index in [2.05, 4.69) is 23.9 Å². The van der Waals surface area contributed by atoms with E-state index in [4.69, 9.17) is 0 Å². The Morgan fingerprint density at radius 1 is 1.25 bits per heavy atom. The van der Waals surface area contributed by atoms with Crippen molar-refractivity contribution in [3.8, 4) is 0 Å². The maximum absolute atomic E-state index is 12.5. The Morgan fingerprint density at radius 2 is 1.75 bits per heavy atom. The molecule has 2 N–H and O–H groups in total. The van der Waals surface area contributed by atoms with Crippen molar-refractivity contribution in [3.05, 3.63) is 23.3 Å².